The third-order valence-corrected chi connectivity index (χ3v) is 2.67. The molecule has 0 fully saturated rings. The van der Waals surface area contributed by atoms with Gasteiger partial charge < -0.3 is 4.74 Å². The van der Waals surface area contributed by atoms with Crippen molar-refractivity contribution in [3.05, 3.63) is 65.7 Å². The molecule has 0 aliphatic heterocycles. The van der Waals surface area contributed by atoms with Crippen LogP contribution in [0, 0.1) is 11.3 Å². The standard InChI is InChI=1S/C16H15NO/c1-13(10-14-6-3-2-4-7-14)18-16-9-5-8-15(11-16)12-17/h2-9,11,13H,10H2,1H3. The molecule has 2 nitrogen and oxygen atoms in total. The summed E-state index contributed by atoms with van der Waals surface area (Å²) in [7, 11) is 0. The van der Waals surface area contributed by atoms with Gasteiger partial charge in [0.05, 0.1) is 17.7 Å². The first-order valence-electron chi connectivity index (χ1n) is 5.98. The summed E-state index contributed by atoms with van der Waals surface area (Å²) >= 11 is 0. The Hall–Kier alpha value is -2.27. The van der Waals surface area contributed by atoms with Crippen LogP contribution in [0.1, 0.15) is 18.1 Å². The van der Waals surface area contributed by atoms with Gasteiger partial charge in [-0.3, -0.25) is 0 Å². The maximum atomic E-state index is 8.83. The Kier molecular flexibility index (Phi) is 3.98. The van der Waals surface area contributed by atoms with Gasteiger partial charge in [0, 0.05) is 6.42 Å². The highest BCUT2D eigenvalue weighted by atomic mass is 16.5. The highest BCUT2D eigenvalue weighted by molar-refractivity contribution is 5.36. The quantitative estimate of drug-likeness (QED) is 0.814. The highest BCUT2D eigenvalue weighted by Crippen LogP contribution is 2.16. The number of ether oxygens (including phenoxy) is 1. The fourth-order valence-electron chi connectivity index (χ4n) is 1.86. The summed E-state index contributed by atoms with van der Waals surface area (Å²) in [6.07, 6.45) is 0.943. The predicted octanol–water partition coefficient (Wildman–Crippen LogP) is 3.57. The summed E-state index contributed by atoms with van der Waals surface area (Å²) in [5, 5.41) is 8.83. The molecule has 0 heterocycles. The molecule has 1 unspecified atom stereocenters. The SMILES string of the molecule is CC(Cc1ccccc1)Oc1cccc(C#N)c1. The third kappa shape index (κ3) is 3.36. The second kappa shape index (κ2) is 5.88. The Bertz CT molecular complexity index is 543. The monoisotopic (exact) mass is 237 g/mol. The predicted molar refractivity (Wildman–Crippen MR) is 71.4 cm³/mol. The minimum absolute atomic E-state index is 0.0846. The van der Waals surface area contributed by atoms with Gasteiger partial charge in [0.15, 0.2) is 0 Å². The molecule has 2 aromatic carbocycles. The normalized spacial score (nSPS) is 11.6. The van der Waals surface area contributed by atoms with Gasteiger partial charge in [0.2, 0.25) is 0 Å². The Labute approximate surface area is 107 Å². The van der Waals surface area contributed by atoms with Crippen molar-refractivity contribution in [1.29, 1.82) is 5.26 Å². The lowest BCUT2D eigenvalue weighted by Crippen LogP contribution is -2.14. The van der Waals surface area contributed by atoms with E-state index >= 15 is 0 Å². The molecular weight excluding hydrogens is 222 g/mol. The van der Waals surface area contributed by atoms with E-state index < -0.39 is 0 Å². The molecule has 0 N–H and O–H groups in total. The molecule has 0 amide bonds. The van der Waals surface area contributed by atoms with Crippen LogP contribution in [0.2, 0.25) is 0 Å². The third-order valence-electron chi connectivity index (χ3n) is 2.67. The van der Waals surface area contributed by atoms with Crippen molar-refractivity contribution in [3.63, 3.8) is 0 Å². The maximum absolute atomic E-state index is 8.83. The van der Waals surface area contributed by atoms with Crippen molar-refractivity contribution in [2.45, 2.75) is 19.4 Å². The van der Waals surface area contributed by atoms with E-state index in [-0.39, 0.29) is 6.10 Å². The van der Waals surface area contributed by atoms with Gasteiger partial charge >= 0.3 is 0 Å². The fourth-order valence-corrected chi connectivity index (χ4v) is 1.86. The second-order valence-electron chi connectivity index (χ2n) is 4.26. The molecule has 0 bridgehead atoms. The minimum atomic E-state index is 0.0846. The Morgan fingerprint density at radius 1 is 1.11 bits per heavy atom. The van der Waals surface area contributed by atoms with Gasteiger partial charge in [-0.1, -0.05) is 36.4 Å². The van der Waals surface area contributed by atoms with Crippen LogP contribution in [0.5, 0.6) is 5.75 Å². The lowest BCUT2D eigenvalue weighted by atomic mass is 10.1. The average molecular weight is 237 g/mol. The number of benzene rings is 2. The topological polar surface area (TPSA) is 33.0 Å². The van der Waals surface area contributed by atoms with Crippen LogP contribution in [0.25, 0.3) is 0 Å². The Morgan fingerprint density at radius 3 is 2.61 bits per heavy atom. The van der Waals surface area contributed by atoms with Crippen LogP contribution in [0.4, 0.5) is 0 Å². The number of hydrogen-bond acceptors (Lipinski definition) is 2. The molecule has 2 aromatic rings. The van der Waals surface area contributed by atoms with Crippen molar-refractivity contribution in [1.82, 2.24) is 0 Å². The van der Waals surface area contributed by atoms with Gasteiger partial charge in [-0.25, -0.2) is 0 Å². The van der Waals surface area contributed by atoms with Crippen LogP contribution in [-0.4, -0.2) is 6.10 Å². The zero-order chi connectivity index (χ0) is 12.8. The molecule has 1 atom stereocenters. The van der Waals surface area contributed by atoms with E-state index in [1.54, 1.807) is 12.1 Å². The smallest absolute Gasteiger partial charge is 0.121 e. The van der Waals surface area contributed by atoms with Crippen molar-refractivity contribution in [2.75, 3.05) is 0 Å². The van der Waals surface area contributed by atoms with Gasteiger partial charge in [-0.15, -0.1) is 0 Å². The Morgan fingerprint density at radius 2 is 1.89 bits per heavy atom. The number of nitrogens with zero attached hydrogens (tertiary/aromatic N) is 1. The molecule has 0 radical (unpaired) electrons. The summed E-state index contributed by atoms with van der Waals surface area (Å²) < 4.78 is 5.81. The first-order valence-corrected chi connectivity index (χ1v) is 5.98. The number of nitriles is 1. The van der Waals surface area contributed by atoms with E-state index in [9.17, 15) is 0 Å². The molecule has 2 heteroatoms. The van der Waals surface area contributed by atoms with Crippen molar-refractivity contribution < 1.29 is 4.74 Å². The summed E-state index contributed by atoms with van der Waals surface area (Å²) in [5.41, 5.74) is 1.88. The fraction of sp³-hybridized carbons (Fsp3) is 0.188. The van der Waals surface area contributed by atoms with Crippen LogP contribution in [0.15, 0.2) is 54.6 Å². The molecule has 2 rings (SSSR count). The number of hydrogen-bond donors (Lipinski definition) is 0. The molecule has 18 heavy (non-hydrogen) atoms. The molecule has 90 valence electrons. The molecule has 0 saturated heterocycles. The molecular formula is C16H15NO. The first kappa shape index (κ1) is 12.2. The highest BCUT2D eigenvalue weighted by Gasteiger charge is 2.05. The largest absolute Gasteiger partial charge is 0.490 e. The van der Waals surface area contributed by atoms with E-state index in [0.717, 1.165) is 12.2 Å². The minimum Gasteiger partial charge on any atom is -0.490 e. The molecule has 0 aromatic heterocycles. The van der Waals surface area contributed by atoms with Crippen molar-refractivity contribution in [2.24, 2.45) is 0 Å². The number of rotatable bonds is 4. The van der Waals surface area contributed by atoms with Crippen LogP contribution >= 0.6 is 0 Å². The van der Waals surface area contributed by atoms with Gasteiger partial charge in [0.1, 0.15) is 5.75 Å². The van der Waals surface area contributed by atoms with E-state index in [4.69, 9.17) is 10.00 Å². The summed E-state index contributed by atoms with van der Waals surface area (Å²) in [6, 6.07) is 19.6. The van der Waals surface area contributed by atoms with Crippen molar-refractivity contribution >= 4 is 0 Å². The lowest BCUT2D eigenvalue weighted by Gasteiger charge is -2.14. The lowest BCUT2D eigenvalue weighted by molar-refractivity contribution is 0.222. The van der Waals surface area contributed by atoms with E-state index in [0.29, 0.717) is 5.56 Å². The van der Waals surface area contributed by atoms with E-state index in [2.05, 4.69) is 18.2 Å². The van der Waals surface area contributed by atoms with Gasteiger partial charge in [-0.2, -0.15) is 5.26 Å². The van der Waals surface area contributed by atoms with Gasteiger partial charge in [0.25, 0.3) is 0 Å². The van der Waals surface area contributed by atoms with E-state index in [1.807, 2.05) is 37.3 Å². The van der Waals surface area contributed by atoms with Crippen LogP contribution in [-0.2, 0) is 6.42 Å². The molecule has 0 saturated carbocycles. The maximum Gasteiger partial charge on any atom is 0.121 e. The molecule has 0 aliphatic rings. The zero-order valence-electron chi connectivity index (χ0n) is 10.3. The Balaban J connectivity index is 1.99. The van der Waals surface area contributed by atoms with Crippen LogP contribution < -0.4 is 4.74 Å². The first-order chi connectivity index (χ1) is 8.78. The molecule has 0 aliphatic carbocycles. The van der Waals surface area contributed by atoms with Crippen LogP contribution in [0.3, 0.4) is 0 Å². The molecule has 0 spiro atoms. The summed E-state index contributed by atoms with van der Waals surface area (Å²) in [5.74, 6) is 0.748. The summed E-state index contributed by atoms with van der Waals surface area (Å²) in [4.78, 5) is 0. The van der Waals surface area contributed by atoms with Crippen molar-refractivity contribution in [3.8, 4) is 11.8 Å². The van der Waals surface area contributed by atoms with Gasteiger partial charge in [-0.05, 0) is 30.7 Å². The zero-order valence-corrected chi connectivity index (χ0v) is 10.3. The van der Waals surface area contributed by atoms with E-state index in [1.165, 1.54) is 5.56 Å². The second-order valence-corrected chi connectivity index (χ2v) is 4.26. The average Bonchev–Trinajstić information content (AvgIpc) is 2.40. The summed E-state index contributed by atoms with van der Waals surface area (Å²) in [6.45, 7) is 2.03.